The predicted molar refractivity (Wildman–Crippen MR) is 111 cm³/mol. The Balaban J connectivity index is 2.03. The van der Waals surface area contributed by atoms with E-state index in [-0.39, 0.29) is 5.41 Å². The van der Waals surface area contributed by atoms with Crippen LogP contribution in [-0.2, 0) is 5.41 Å². The number of imidazole rings is 1. The van der Waals surface area contributed by atoms with Crippen LogP contribution < -0.4 is 11.3 Å². The van der Waals surface area contributed by atoms with Gasteiger partial charge < -0.3 is 0 Å². The van der Waals surface area contributed by atoms with Crippen molar-refractivity contribution in [2.45, 2.75) is 26.2 Å². The normalized spacial score (nSPS) is 12.0. The Morgan fingerprint density at radius 2 is 1.77 bits per heavy atom. The van der Waals surface area contributed by atoms with E-state index in [9.17, 15) is 0 Å². The Morgan fingerprint density at radius 3 is 2.42 bits per heavy atom. The zero-order valence-electron chi connectivity index (χ0n) is 14.9. The lowest BCUT2D eigenvalue weighted by Gasteiger charge is -2.19. The van der Waals surface area contributed by atoms with E-state index < -0.39 is 0 Å². The summed E-state index contributed by atoms with van der Waals surface area (Å²) in [4.78, 5) is 9.12. The number of nitrogens with two attached hydrogens (primary N) is 1. The number of benzene rings is 2. The molecule has 2 heterocycles. The Kier molecular flexibility index (Phi) is 3.97. The molecule has 0 aliphatic rings. The van der Waals surface area contributed by atoms with Gasteiger partial charge in [-0.25, -0.2) is 10.8 Å². The molecule has 0 aliphatic carbocycles. The largest absolute Gasteiger partial charge is 0.293 e. The van der Waals surface area contributed by atoms with Gasteiger partial charge in [0.2, 0.25) is 5.95 Å². The van der Waals surface area contributed by atoms with E-state index in [4.69, 9.17) is 5.84 Å². The minimum absolute atomic E-state index is 0.103. The Bertz CT molecular complexity index is 1110. The maximum Gasteiger partial charge on any atom is 0.223 e. The van der Waals surface area contributed by atoms with Crippen LogP contribution in [0.2, 0.25) is 0 Å². The molecule has 0 radical (unpaired) electrons. The second-order valence-corrected chi connectivity index (χ2v) is 8.28. The number of anilines is 1. The SMILES string of the molecule is CC(C)(C)c1ccc(-n2c(NN)nc3cnc4ccc(Br)cc4c32)cc1. The van der Waals surface area contributed by atoms with Crippen LogP contribution in [0, 0.1) is 0 Å². The summed E-state index contributed by atoms with van der Waals surface area (Å²) < 4.78 is 3.04. The monoisotopic (exact) mass is 409 g/mol. The smallest absolute Gasteiger partial charge is 0.223 e. The van der Waals surface area contributed by atoms with E-state index in [2.05, 4.69) is 82.4 Å². The summed E-state index contributed by atoms with van der Waals surface area (Å²) >= 11 is 3.56. The van der Waals surface area contributed by atoms with Gasteiger partial charge in [0, 0.05) is 15.5 Å². The number of hydrazine groups is 1. The summed E-state index contributed by atoms with van der Waals surface area (Å²) in [5, 5.41) is 1.02. The zero-order chi connectivity index (χ0) is 18.5. The standard InChI is InChI=1S/C20H20BrN5/c1-20(2,3)12-4-7-14(8-5-12)26-18-15-10-13(21)6-9-16(15)23-11-17(18)24-19(26)25-22/h4-11H,22H2,1-3H3,(H,24,25). The van der Waals surface area contributed by atoms with Crippen molar-refractivity contribution in [3.05, 3.63) is 58.7 Å². The van der Waals surface area contributed by atoms with Crippen LogP contribution in [0.5, 0.6) is 0 Å². The minimum Gasteiger partial charge on any atom is -0.293 e. The molecule has 0 amide bonds. The number of halogens is 1. The first-order valence-electron chi connectivity index (χ1n) is 8.43. The highest BCUT2D eigenvalue weighted by Gasteiger charge is 2.17. The number of nitrogens with zero attached hydrogens (tertiary/aromatic N) is 3. The quantitative estimate of drug-likeness (QED) is 0.364. The molecule has 0 bridgehead atoms. The molecule has 0 unspecified atom stereocenters. The molecule has 2 aromatic carbocycles. The maximum absolute atomic E-state index is 5.76. The molecule has 0 spiro atoms. The number of nitrogens with one attached hydrogen (secondary N) is 1. The van der Waals surface area contributed by atoms with Gasteiger partial charge in [0.1, 0.15) is 5.52 Å². The van der Waals surface area contributed by atoms with Crippen LogP contribution in [0.25, 0.3) is 27.6 Å². The van der Waals surface area contributed by atoms with Gasteiger partial charge in [0.15, 0.2) is 0 Å². The van der Waals surface area contributed by atoms with Gasteiger partial charge in [0.25, 0.3) is 0 Å². The van der Waals surface area contributed by atoms with Crippen molar-refractivity contribution in [2.24, 2.45) is 5.84 Å². The first-order chi connectivity index (χ1) is 12.4. The number of nitrogen functional groups attached to an aromatic ring is 1. The van der Waals surface area contributed by atoms with E-state index in [0.717, 1.165) is 32.1 Å². The zero-order valence-corrected chi connectivity index (χ0v) is 16.5. The minimum atomic E-state index is 0.103. The lowest BCUT2D eigenvalue weighted by Crippen LogP contribution is -2.13. The van der Waals surface area contributed by atoms with Gasteiger partial charge in [-0.15, -0.1) is 0 Å². The van der Waals surface area contributed by atoms with Crippen molar-refractivity contribution < 1.29 is 0 Å². The molecule has 5 nitrogen and oxygen atoms in total. The number of fused-ring (bicyclic) bond motifs is 3. The molecule has 0 aliphatic heterocycles. The van der Waals surface area contributed by atoms with Gasteiger partial charge in [-0.05, 0) is 41.3 Å². The topological polar surface area (TPSA) is 68.8 Å². The van der Waals surface area contributed by atoms with Crippen LogP contribution in [0.4, 0.5) is 5.95 Å². The number of rotatable bonds is 2. The lowest BCUT2D eigenvalue weighted by atomic mass is 9.87. The van der Waals surface area contributed by atoms with Gasteiger partial charge >= 0.3 is 0 Å². The summed E-state index contributed by atoms with van der Waals surface area (Å²) in [5.74, 6) is 6.34. The number of hydrogen-bond acceptors (Lipinski definition) is 4. The molecule has 0 saturated heterocycles. The van der Waals surface area contributed by atoms with Crippen LogP contribution in [0.15, 0.2) is 53.1 Å². The first kappa shape index (κ1) is 17.0. The molecule has 6 heteroatoms. The third kappa shape index (κ3) is 2.75. The van der Waals surface area contributed by atoms with Crippen molar-refractivity contribution in [3.63, 3.8) is 0 Å². The second-order valence-electron chi connectivity index (χ2n) is 7.37. The van der Waals surface area contributed by atoms with Crippen LogP contribution in [0.1, 0.15) is 26.3 Å². The first-order valence-corrected chi connectivity index (χ1v) is 9.22. The molecule has 0 fully saturated rings. The summed E-state index contributed by atoms with van der Waals surface area (Å²) in [7, 11) is 0. The fourth-order valence-corrected chi connectivity index (χ4v) is 3.55. The molecular weight excluding hydrogens is 390 g/mol. The summed E-state index contributed by atoms with van der Waals surface area (Å²) in [6.45, 7) is 6.62. The average molecular weight is 410 g/mol. The van der Waals surface area contributed by atoms with E-state index in [1.54, 1.807) is 6.20 Å². The highest BCUT2D eigenvalue weighted by atomic mass is 79.9. The Labute approximate surface area is 160 Å². The molecule has 0 saturated carbocycles. The third-order valence-electron chi connectivity index (χ3n) is 4.56. The molecule has 4 aromatic rings. The fourth-order valence-electron chi connectivity index (χ4n) is 3.19. The van der Waals surface area contributed by atoms with E-state index in [0.29, 0.717) is 5.95 Å². The van der Waals surface area contributed by atoms with Gasteiger partial charge in [-0.2, -0.15) is 0 Å². The number of hydrogen-bond donors (Lipinski definition) is 2. The Hall–Kier alpha value is -2.44. The maximum atomic E-state index is 5.76. The predicted octanol–water partition coefficient (Wildman–Crippen LogP) is 4.92. The van der Waals surface area contributed by atoms with Gasteiger partial charge in [0.05, 0.1) is 17.2 Å². The van der Waals surface area contributed by atoms with Crippen molar-refractivity contribution in [2.75, 3.05) is 5.43 Å². The van der Waals surface area contributed by atoms with Crippen LogP contribution in [-0.4, -0.2) is 14.5 Å². The molecule has 4 rings (SSSR count). The number of aromatic nitrogens is 3. The molecule has 0 atom stereocenters. The molecule has 26 heavy (non-hydrogen) atoms. The van der Waals surface area contributed by atoms with Gasteiger partial charge in [-0.3, -0.25) is 15.0 Å². The third-order valence-corrected chi connectivity index (χ3v) is 5.06. The van der Waals surface area contributed by atoms with E-state index in [1.165, 1.54) is 5.56 Å². The molecule has 2 aromatic heterocycles. The fraction of sp³-hybridized carbons (Fsp3) is 0.200. The summed E-state index contributed by atoms with van der Waals surface area (Å²) in [6.07, 6.45) is 1.78. The van der Waals surface area contributed by atoms with E-state index >= 15 is 0 Å². The van der Waals surface area contributed by atoms with Gasteiger partial charge in [-0.1, -0.05) is 48.8 Å². The molecular formula is C20H20BrN5. The average Bonchev–Trinajstić information content (AvgIpc) is 3.00. The summed E-state index contributed by atoms with van der Waals surface area (Å²) in [6, 6.07) is 14.6. The molecule has 132 valence electrons. The lowest BCUT2D eigenvalue weighted by molar-refractivity contribution is 0.590. The van der Waals surface area contributed by atoms with Crippen molar-refractivity contribution >= 4 is 43.8 Å². The van der Waals surface area contributed by atoms with Crippen molar-refractivity contribution in [1.82, 2.24) is 14.5 Å². The van der Waals surface area contributed by atoms with Crippen molar-refractivity contribution in [3.8, 4) is 5.69 Å². The summed E-state index contributed by atoms with van der Waals surface area (Å²) in [5.41, 5.74) is 7.79. The van der Waals surface area contributed by atoms with E-state index in [1.807, 2.05) is 16.7 Å². The van der Waals surface area contributed by atoms with Crippen LogP contribution >= 0.6 is 15.9 Å². The van der Waals surface area contributed by atoms with Crippen molar-refractivity contribution in [1.29, 1.82) is 0 Å². The highest BCUT2D eigenvalue weighted by Crippen LogP contribution is 2.32. The Morgan fingerprint density at radius 1 is 1.04 bits per heavy atom. The second kappa shape index (κ2) is 6.07. The highest BCUT2D eigenvalue weighted by molar-refractivity contribution is 9.10. The van der Waals surface area contributed by atoms with Crippen LogP contribution in [0.3, 0.4) is 0 Å². The molecule has 3 N–H and O–H groups in total. The number of pyridine rings is 1.